The highest BCUT2D eigenvalue weighted by Crippen LogP contribution is 2.26. The number of rotatable bonds is 9. The third-order valence-electron chi connectivity index (χ3n) is 3.30. The van der Waals surface area contributed by atoms with Crippen LogP contribution in [0.15, 0.2) is 0 Å². The predicted molar refractivity (Wildman–Crippen MR) is 71.0 cm³/mol. The maximum Gasteiger partial charge on any atom is 0.317 e. The molecule has 1 fully saturated rings. The van der Waals surface area contributed by atoms with E-state index in [1.54, 1.807) is 14.0 Å². The van der Waals surface area contributed by atoms with Gasteiger partial charge in [-0.1, -0.05) is 6.92 Å². The summed E-state index contributed by atoms with van der Waals surface area (Å²) in [4.78, 5) is 24.4. The second-order valence-electron chi connectivity index (χ2n) is 5.03. The molecule has 1 aliphatic carbocycles. The predicted octanol–water partition coefficient (Wildman–Crippen LogP) is 1.31. The largest absolute Gasteiger partial charge is 0.481 e. The summed E-state index contributed by atoms with van der Waals surface area (Å²) in [6, 6.07) is 0.288. The molecule has 19 heavy (non-hydrogen) atoms. The number of amides is 2. The molecular weight excluding hydrogens is 248 g/mol. The van der Waals surface area contributed by atoms with Gasteiger partial charge >= 0.3 is 12.0 Å². The van der Waals surface area contributed by atoms with Crippen LogP contribution >= 0.6 is 0 Å². The zero-order chi connectivity index (χ0) is 14.3. The molecule has 1 unspecified atom stereocenters. The van der Waals surface area contributed by atoms with Gasteiger partial charge in [0.05, 0.1) is 12.5 Å². The topological polar surface area (TPSA) is 78.9 Å². The van der Waals surface area contributed by atoms with Crippen LogP contribution in [0.2, 0.25) is 0 Å². The van der Waals surface area contributed by atoms with Gasteiger partial charge in [0.2, 0.25) is 0 Å². The van der Waals surface area contributed by atoms with Gasteiger partial charge in [0, 0.05) is 26.2 Å². The fourth-order valence-electron chi connectivity index (χ4n) is 1.85. The summed E-state index contributed by atoms with van der Waals surface area (Å²) in [6.07, 6.45) is 3.39. The summed E-state index contributed by atoms with van der Waals surface area (Å²) in [5.41, 5.74) is 0. The lowest BCUT2D eigenvalue weighted by atomic mass is 10.1. The minimum atomic E-state index is -0.786. The van der Waals surface area contributed by atoms with E-state index in [-0.39, 0.29) is 11.9 Å². The first-order valence-corrected chi connectivity index (χ1v) is 6.82. The Kier molecular flexibility index (Phi) is 6.62. The summed E-state index contributed by atoms with van der Waals surface area (Å²) in [5.74, 6) is -1.14. The van der Waals surface area contributed by atoms with Crippen molar-refractivity contribution in [3.05, 3.63) is 0 Å². The Morgan fingerprint density at radius 2 is 2.16 bits per heavy atom. The lowest BCUT2D eigenvalue weighted by molar-refractivity contribution is -0.141. The minimum Gasteiger partial charge on any atom is -0.481 e. The van der Waals surface area contributed by atoms with Crippen molar-refractivity contribution in [1.29, 1.82) is 0 Å². The van der Waals surface area contributed by atoms with E-state index < -0.39 is 5.97 Å². The van der Waals surface area contributed by atoms with Crippen LogP contribution < -0.4 is 5.32 Å². The smallest absolute Gasteiger partial charge is 0.317 e. The van der Waals surface area contributed by atoms with Crippen LogP contribution in [0.4, 0.5) is 4.79 Å². The Hall–Kier alpha value is -1.30. The fraction of sp³-hybridized carbons (Fsp3) is 0.846. The van der Waals surface area contributed by atoms with E-state index in [2.05, 4.69) is 5.32 Å². The summed E-state index contributed by atoms with van der Waals surface area (Å²) in [6.45, 7) is 3.35. The lowest BCUT2D eigenvalue weighted by Gasteiger charge is -2.22. The monoisotopic (exact) mass is 272 g/mol. The Bertz CT molecular complexity index is 305. The number of ether oxygens (including phenoxy) is 1. The van der Waals surface area contributed by atoms with Gasteiger partial charge in [-0.25, -0.2) is 4.79 Å². The normalized spacial score (nSPS) is 15.9. The average molecular weight is 272 g/mol. The van der Waals surface area contributed by atoms with Gasteiger partial charge in [-0.15, -0.1) is 0 Å². The summed E-state index contributed by atoms with van der Waals surface area (Å²) in [7, 11) is 1.62. The first-order chi connectivity index (χ1) is 9.06. The number of urea groups is 1. The standard InChI is InChI=1S/C13H24N2O4/c1-10(12(16)17)4-3-7-14-13(18)15(8-9-19-2)11-5-6-11/h10-11H,3-9H2,1-2H3,(H,14,18)(H,16,17). The van der Waals surface area contributed by atoms with Gasteiger partial charge < -0.3 is 20.1 Å². The molecule has 0 aliphatic heterocycles. The summed E-state index contributed by atoms with van der Waals surface area (Å²) in [5, 5.41) is 11.6. The number of carbonyl (C=O) groups excluding carboxylic acids is 1. The van der Waals surface area contributed by atoms with Crippen LogP contribution in [0, 0.1) is 5.92 Å². The van der Waals surface area contributed by atoms with E-state index in [4.69, 9.17) is 9.84 Å². The molecule has 1 saturated carbocycles. The van der Waals surface area contributed by atoms with Crippen LogP contribution in [0.25, 0.3) is 0 Å². The Morgan fingerprint density at radius 3 is 2.68 bits per heavy atom. The van der Waals surface area contributed by atoms with E-state index in [1.165, 1.54) is 0 Å². The van der Waals surface area contributed by atoms with E-state index >= 15 is 0 Å². The van der Waals surface area contributed by atoms with Crippen molar-refractivity contribution in [1.82, 2.24) is 10.2 Å². The van der Waals surface area contributed by atoms with Crippen molar-refractivity contribution < 1.29 is 19.4 Å². The molecule has 0 aromatic carbocycles. The highest BCUT2D eigenvalue weighted by atomic mass is 16.5. The third-order valence-corrected chi connectivity index (χ3v) is 3.30. The Balaban J connectivity index is 2.19. The lowest BCUT2D eigenvalue weighted by Crippen LogP contribution is -2.43. The number of nitrogens with one attached hydrogen (secondary N) is 1. The minimum absolute atomic E-state index is 0.0671. The molecule has 6 heteroatoms. The summed E-state index contributed by atoms with van der Waals surface area (Å²) < 4.78 is 5.00. The van der Waals surface area contributed by atoms with Gasteiger partial charge in [-0.05, 0) is 25.7 Å². The van der Waals surface area contributed by atoms with Gasteiger partial charge in [-0.3, -0.25) is 4.79 Å². The van der Waals surface area contributed by atoms with Gasteiger partial charge in [0.15, 0.2) is 0 Å². The molecule has 1 atom stereocenters. The number of hydrogen-bond donors (Lipinski definition) is 2. The number of carbonyl (C=O) groups is 2. The first kappa shape index (κ1) is 15.8. The molecular formula is C13H24N2O4. The van der Waals surface area contributed by atoms with Crippen LogP contribution in [-0.4, -0.2) is 54.9 Å². The van der Waals surface area contributed by atoms with Crippen molar-refractivity contribution in [2.75, 3.05) is 26.8 Å². The molecule has 0 heterocycles. The van der Waals surface area contributed by atoms with Gasteiger partial charge in [0.1, 0.15) is 0 Å². The molecule has 0 aromatic rings. The van der Waals surface area contributed by atoms with Crippen molar-refractivity contribution in [3.8, 4) is 0 Å². The van der Waals surface area contributed by atoms with Crippen LogP contribution in [0.1, 0.15) is 32.6 Å². The number of hydrogen-bond acceptors (Lipinski definition) is 3. The molecule has 0 radical (unpaired) electrons. The second kappa shape index (κ2) is 7.99. The number of nitrogens with zero attached hydrogens (tertiary/aromatic N) is 1. The molecule has 110 valence electrons. The van der Waals surface area contributed by atoms with E-state index in [0.29, 0.717) is 38.6 Å². The van der Waals surface area contributed by atoms with E-state index in [1.807, 2.05) is 4.90 Å². The van der Waals surface area contributed by atoms with Gasteiger partial charge in [-0.2, -0.15) is 0 Å². The zero-order valence-corrected chi connectivity index (χ0v) is 11.7. The molecule has 1 aliphatic rings. The molecule has 6 nitrogen and oxygen atoms in total. The first-order valence-electron chi connectivity index (χ1n) is 6.82. The third kappa shape index (κ3) is 5.92. The van der Waals surface area contributed by atoms with Crippen LogP contribution in [0.5, 0.6) is 0 Å². The molecule has 2 amide bonds. The highest BCUT2D eigenvalue weighted by molar-refractivity contribution is 5.74. The maximum absolute atomic E-state index is 12.0. The van der Waals surface area contributed by atoms with Crippen LogP contribution in [0.3, 0.4) is 0 Å². The van der Waals surface area contributed by atoms with Crippen molar-refractivity contribution in [2.45, 2.75) is 38.6 Å². The van der Waals surface area contributed by atoms with Crippen molar-refractivity contribution in [2.24, 2.45) is 5.92 Å². The number of methoxy groups -OCH3 is 1. The number of carboxylic acids is 1. The second-order valence-corrected chi connectivity index (χ2v) is 5.03. The Labute approximate surface area is 114 Å². The van der Waals surface area contributed by atoms with E-state index in [9.17, 15) is 9.59 Å². The molecule has 2 N–H and O–H groups in total. The number of aliphatic carboxylic acids is 1. The Morgan fingerprint density at radius 1 is 1.47 bits per heavy atom. The van der Waals surface area contributed by atoms with Crippen molar-refractivity contribution in [3.63, 3.8) is 0 Å². The maximum atomic E-state index is 12.0. The quantitative estimate of drug-likeness (QED) is 0.620. The molecule has 0 aromatic heterocycles. The SMILES string of the molecule is COCCN(C(=O)NCCCC(C)C(=O)O)C1CC1. The van der Waals surface area contributed by atoms with Crippen molar-refractivity contribution >= 4 is 12.0 Å². The number of carboxylic acid groups (broad SMARTS) is 1. The molecule has 0 saturated heterocycles. The van der Waals surface area contributed by atoms with E-state index in [0.717, 1.165) is 12.8 Å². The average Bonchev–Trinajstić information content (AvgIpc) is 3.19. The molecule has 1 rings (SSSR count). The summed E-state index contributed by atoms with van der Waals surface area (Å²) >= 11 is 0. The van der Waals surface area contributed by atoms with Gasteiger partial charge in [0.25, 0.3) is 0 Å². The highest BCUT2D eigenvalue weighted by Gasteiger charge is 2.31. The molecule has 0 bridgehead atoms. The fourth-order valence-corrected chi connectivity index (χ4v) is 1.85. The zero-order valence-electron chi connectivity index (χ0n) is 11.7. The molecule has 0 spiro atoms. The van der Waals surface area contributed by atoms with Crippen LogP contribution in [-0.2, 0) is 9.53 Å².